The third kappa shape index (κ3) is 3.29. The third-order valence-corrected chi connectivity index (χ3v) is 5.58. The Labute approximate surface area is 125 Å². The van der Waals surface area contributed by atoms with Gasteiger partial charge in [0.05, 0.1) is 6.61 Å². The fraction of sp³-hybridized carbons (Fsp3) is 0.643. The van der Waals surface area contributed by atoms with Crippen molar-refractivity contribution in [2.75, 3.05) is 13.2 Å². The van der Waals surface area contributed by atoms with E-state index in [0.29, 0.717) is 17.8 Å². The highest BCUT2D eigenvalue weighted by Gasteiger charge is 2.38. The molecular weight excluding hydrogens is 292 g/mol. The Morgan fingerprint density at radius 2 is 2.00 bits per heavy atom. The number of nitrogens with one attached hydrogen (secondary N) is 2. The van der Waals surface area contributed by atoms with Crippen molar-refractivity contribution in [2.45, 2.75) is 45.4 Å². The second kappa shape index (κ2) is 5.46. The van der Waals surface area contributed by atoms with Crippen LogP contribution in [-0.4, -0.2) is 32.5 Å². The zero-order chi connectivity index (χ0) is 15.8. The summed E-state index contributed by atoms with van der Waals surface area (Å²) in [7, 11) is -3.63. The number of carbonyl (C=O) groups excluding carboxylic acids is 1. The molecule has 118 valence electrons. The topological polar surface area (TPSA) is 88.3 Å². The van der Waals surface area contributed by atoms with Crippen LogP contribution in [0.4, 0.5) is 0 Å². The summed E-state index contributed by atoms with van der Waals surface area (Å²) in [5, 5.41) is 0. The molecule has 1 aromatic heterocycles. The summed E-state index contributed by atoms with van der Waals surface area (Å²) in [5.41, 5.74) is 1.13. The number of ether oxygens (including phenoxy) is 1. The van der Waals surface area contributed by atoms with Crippen LogP contribution in [0, 0.1) is 19.3 Å². The summed E-state index contributed by atoms with van der Waals surface area (Å²) >= 11 is 0. The largest absolute Gasteiger partial charge is 0.461 e. The lowest BCUT2D eigenvalue weighted by Crippen LogP contribution is -2.29. The second-order valence-electron chi connectivity index (χ2n) is 5.93. The standard InChI is InChI=1S/C14H22N2O4S/c1-5-20-13(17)11-9(2)12(10(3)16-11)21(18,19)15-8-14(4)6-7-14/h15-16H,5-8H2,1-4H3. The van der Waals surface area contributed by atoms with Crippen LogP contribution in [0.2, 0.25) is 0 Å². The molecule has 0 amide bonds. The van der Waals surface area contributed by atoms with E-state index in [0.717, 1.165) is 12.8 Å². The van der Waals surface area contributed by atoms with Crippen molar-refractivity contribution in [1.29, 1.82) is 0 Å². The lowest BCUT2D eigenvalue weighted by Gasteiger charge is -2.11. The molecule has 0 unspecified atom stereocenters. The number of aryl methyl sites for hydroxylation is 1. The predicted octanol–water partition coefficient (Wildman–Crippen LogP) is 1.89. The fourth-order valence-corrected chi connectivity index (χ4v) is 3.92. The Hall–Kier alpha value is -1.34. The number of esters is 1. The molecule has 0 saturated heterocycles. The minimum Gasteiger partial charge on any atom is -0.461 e. The minimum atomic E-state index is -3.63. The molecule has 0 bridgehead atoms. The maximum Gasteiger partial charge on any atom is 0.355 e. The van der Waals surface area contributed by atoms with Crippen molar-refractivity contribution in [1.82, 2.24) is 9.71 Å². The molecule has 1 saturated carbocycles. The fourth-order valence-electron chi connectivity index (χ4n) is 2.27. The van der Waals surface area contributed by atoms with Gasteiger partial charge in [0.25, 0.3) is 0 Å². The van der Waals surface area contributed by atoms with Gasteiger partial charge >= 0.3 is 5.97 Å². The molecule has 1 aliphatic rings. The highest BCUT2D eigenvalue weighted by molar-refractivity contribution is 7.89. The molecule has 2 rings (SSSR count). The average Bonchev–Trinajstić information content (AvgIpc) is 3.04. The molecule has 6 nitrogen and oxygen atoms in total. The van der Waals surface area contributed by atoms with Gasteiger partial charge in [-0.1, -0.05) is 6.92 Å². The number of H-pyrrole nitrogens is 1. The van der Waals surface area contributed by atoms with Gasteiger partial charge in [0.2, 0.25) is 10.0 Å². The van der Waals surface area contributed by atoms with Crippen molar-refractivity contribution in [3.8, 4) is 0 Å². The van der Waals surface area contributed by atoms with Crippen LogP contribution < -0.4 is 4.72 Å². The Bertz CT molecular complexity index is 657. The third-order valence-electron chi connectivity index (χ3n) is 3.91. The Kier molecular flexibility index (Phi) is 4.17. The van der Waals surface area contributed by atoms with E-state index in [1.807, 2.05) is 0 Å². The van der Waals surface area contributed by atoms with Gasteiger partial charge in [0.15, 0.2) is 0 Å². The van der Waals surface area contributed by atoms with Crippen molar-refractivity contribution < 1.29 is 17.9 Å². The Morgan fingerprint density at radius 3 is 2.52 bits per heavy atom. The van der Waals surface area contributed by atoms with Crippen LogP contribution >= 0.6 is 0 Å². The van der Waals surface area contributed by atoms with E-state index in [-0.39, 0.29) is 22.6 Å². The number of rotatable bonds is 6. The molecule has 1 aromatic rings. The number of hydrogen-bond acceptors (Lipinski definition) is 4. The molecule has 1 fully saturated rings. The first-order valence-corrected chi connectivity index (χ1v) is 8.54. The van der Waals surface area contributed by atoms with E-state index in [4.69, 9.17) is 4.74 Å². The van der Waals surface area contributed by atoms with E-state index < -0.39 is 16.0 Å². The number of sulfonamides is 1. The summed E-state index contributed by atoms with van der Waals surface area (Å²) in [6.07, 6.45) is 2.07. The molecular formula is C14H22N2O4S. The molecule has 0 radical (unpaired) electrons. The Balaban J connectivity index is 2.28. The van der Waals surface area contributed by atoms with E-state index in [1.165, 1.54) is 0 Å². The van der Waals surface area contributed by atoms with Crippen molar-refractivity contribution in [3.05, 3.63) is 17.0 Å². The van der Waals surface area contributed by atoms with Gasteiger partial charge < -0.3 is 9.72 Å². The maximum atomic E-state index is 12.5. The summed E-state index contributed by atoms with van der Waals surface area (Å²) in [6.45, 7) is 7.68. The van der Waals surface area contributed by atoms with E-state index in [9.17, 15) is 13.2 Å². The average molecular weight is 314 g/mol. The zero-order valence-electron chi connectivity index (χ0n) is 12.9. The normalized spacial score (nSPS) is 16.8. The van der Waals surface area contributed by atoms with Gasteiger partial charge in [-0.15, -0.1) is 0 Å². The van der Waals surface area contributed by atoms with Gasteiger partial charge in [0, 0.05) is 17.8 Å². The maximum absolute atomic E-state index is 12.5. The van der Waals surface area contributed by atoms with Crippen molar-refractivity contribution >= 4 is 16.0 Å². The highest BCUT2D eigenvalue weighted by Crippen LogP contribution is 2.44. The first-order valence-electron chi connectivity index (χ1n) is 7.06. The molecule has 1 heterocycles. The van der Waals surface area contributed by atoms with Crippen LogP contribution in [-0.2, 0) is 14.8 Å². The number of hydrogen-bond donors (Lipinski definition) is 2. The van der Waals surface area contributed by atoms with Crippen LogP contribution in [0.25, 0.3) is 0 Å². The summed E-state index contributed by atoms with van der Waals surface area (Å²) in [6, 6.07) is 0. The highest BCUT2D eigenvalue weighted by atomic mass is 32.2. The molecule has 0 atom stereocenters. The van der Waals surface area contributed by atoms with E-state index in [1.54, 1.807) is 20.8 Å². The second-order valence-corrected chi connectivity index (χ2v) is 7.64. The Morgan fingerprint density at radius 1 is 1.38 bits per heavy atom. The number of aromatic nitrogens is 1. The SMILES string of the molecule is CCOC(=O)c1[nH]c(C)c(S(=O)(=O)NCC2(C)CC2)c1C. The molecule has 0 aliphatic heterocycles. The zero-order valence-corrected chi connectivity index (χ0v) is 13.7. The van der Waals surface area contributed by atoms with Crippen molar-refractivity contribution in [3.63, 3.8) is 0 Å². The monoisotopic (exact) mass is 314 g/mol. The van der Waals surface area contributed by atoms with E-state index in [2.05, 4.69) is 16.6 Å². The summed E-state index contributed by atoms with van der Waals surface area (Å²) in [5.74, 6) is -0.534. The van der Waals surface area contributed by atoms with Gasteiger partial charge in [-0.3, -0.25) is 0 Å². The smallest absolute Gasteiger partial charge is 0.355 e. The van der Waals surface area contributed by atoms with Gasteiger partial charge in [-0.2, -0.15) is 0 Å². The molecule has 21 heavy (non-hydrogen) atoms. The molecule has 0 spiro atoms. The minimum absolute atomic E-state index is 0.0785. The van der Waals surface area contributed by atoms with Gasteiger partial charge in [0.1, 0.15) is 10.6 Å². The number of carbonyl (C=O) groups is 1. The molecule has 7 heteroatoms. The molecule has 0 aromatic carbocycles. The van der Waals surface area contributed by atoms with Crippen LogP contribution in [0.5, 0.6) is 0 Å². The lowest BCUT2D eigenvalue weighted by atomic mass is 10.2. The molecule has 2 N–H and O–H groups in total. The van der Waals surface area contributed by atoms with Crippen LogP contribution in [0.1, 0.15) is 48.4 Å². The summed E-state index contributed by atoms with van der Waals surface area (Å²) < 4.78 is 32.5. The quantitative estimate of drug-likeness (QED) is 0.785. The van der Waals surface area contributed by atoms with Crippen LogP contribution in [0.3, 0.4) is 0 Å². The lowest BCUT2D eigenvalue weighted by molar-refractivity contribution is 0.0519. The number of aromatic amines is 1. The predicted molar refractivity (Wildman–Crippen MR) is 78.8 cm³/mol. The first-order chi connectivity index (χ1) is 9.70. The van der Waals surface area contributed by atoms with Gasteiger partial charge in [-0.05, 0) is 39.0 Å². The van der Waals surface area contributed by atoms with Crippen LogP contribution in [0.15, 0.2) is 4.90 Å². The first kappa shape index (κ1) is 16.0. The van der Waals surface area contributed by atoms with Gasteiger partial charge in [-0.25, -0.2) is 17.9 Å². The molecule has 1 aliphatic carbocycles. The summed E-state index contributed by atoms with van der Waals surface area (Å²) in [4.78, 5) is 14.8. The van der Waals surface area contributed by atoms with E-state index >= 15 is 0 Å². The van der Waals surface area contributed by atoms with Crippen molar-refractivity contribution in [2.24, 2.45) is 5.41 Å².